The van der Waals surface area contributed by atoms with Crippen molar-refractivity contribution < 1.29 is 32.2 Å². The molecule has 1 unspecified atom stereocenters. The number of hydrogen-bond donors (Lipinski definition) is 0. The third-order valence-electron chi connectivity index (χ3n) is 4.09. The van der Waals surface area contributed by atoms with Crippen LogP contribution in [0.5, 0.6) is 0 Å². The molecule has 0 saturated carbocycles. The normalized spacial score (nSPS) is 13.2. The van der Waals surface area contributed by atoms with Crippen LogP contribution in [0.2, 0.25) is 5.02 Å². The maximum Gasteiger partial charge on any atom is 0.417 e. The van der Waals surface area contributed by atoms with Crippen LogP contribution in [0.3, 0.4) is 0 Å². The topological polar surface area (TPSA) is 76.4 Å². The van der Waals surface area contributed by atoms with E-state index in [9.17, 15) is 28.0 Å². The van der Waals surface area contributed by atoms with Crippen LogP contribution >= 0.6 is 11.6 Å². The average Bonchev–Trinajstić information content (AvgIpc) is 2.69. The minimum absolute atomic E-state index is 0.0266. The molecule has 0 amide bonds. The lowest BCUT2D eigenvalue weighted by Gasteiger charge is -2.25. The van der Waals surface area contributed by atoms with Crippen LogP contribution < -0.4 is 0 Å². The molecule has 0 fully saturated rings. The number of carbonyl (C=O) groups is 2. The van der Waals surface area contributed by atoms with E-state index in [0.717, 1.165) is 12.1 Å². The summed E-state index contributed by atoms with van der Waals surface area (Å²) in [6.07, 6.45) is -4.87. The van der Waals surface area contributed by atoms with Crippen molar-refractivity contribution in [1.82, 2.24) is 0 Å². The predicted molar refractivity (Wildman–Crippen MR) is 97.4 cm³/mol. The second kappa shape index (κ2) is 9.07. The van der Waals surface area contributed by atoms with Gasteiger partial charge in [-0.25, -0.2) is 4.79 Å². The smallest absolute Gasteiger partial charge is 0.417 e. The third kappa shape index (κ3) is 4.58. The van der Waals surface area contributed by atoms with Crippen molar-refractivity contribution in [3.63, 3.8) is 0 Å². The Bertz CT molecular complexity index is 938. The van der Waals surface area contributed by atoms with Crippen molar-refractivity contribution >= 4 is 23.4 Å². The van der Waals surface area contributed by atoms with Crippen LogP contribution in [-0.4, -0.2) is 32.1 Å². The Hall–Kier alpha value is -2.89. The molecule has 2 aromatic carbocycles. The molecule has 1 atom stereocenters. The highest BCUT2D eigenvalue weighted by Crippen LogP contribution is 2.37. The Morgan fingerprint density at radius 2 is 1.69 bits per heavy atom. The Labute approximate surface area is 169 Å². The number of benzene rings is 2. The number of esters is 1. The van der Waals surface area contributed by atoms with E-state index in [2.05, 4.69) is 0 Å². The molecule has 2 rings (SSSR count). The molecule has 0 N–H and O–H groups in total. The number of alkyl halides is 3. The second-order valence-corrected chi connectivity index (χ2v) is 6.31. The number of carbonyl (C=O) groups excluding carboxylic acids is 2. The van der Waals surface area contributed by atoms with Gasteiger partial charge in [0.1, 0.15) is 6.61 Å². The first kappa shape index (κ1) is 22.4. The van der Waals surface area contributed by atoms with Gasteiger partial charge in [-0.3, -0.25) is 4.79 Å². The summed E-state index contributed by atoms with van der Waals surface area (Å²) in [6, 6.07) is 10.6. The van der Waals surface area contributed by atoms with Crippen LogP contribution in [0.1, 0.15) is 21.5 Å². The zero-order valence-corrected chi connectivity index (χ0v) is 15.9. The fraction of sp³-hybridized carbons (Fsp3) is 0.250. The number of halogens is 4. The Balaban J connectivity index is 2.68. The van der Waals surface area contributed by atoms with E-state index < -0.39 is 34.5 Å². The predicted octanol–water partition coefficient (Wildman–Crippen LogP) is 4.19. The molecule has 0 aliphatic carbocycles. The first-order chi connectivity index (χ1) is 13.7. The van der Waals surface area contributed by atoms with Gasteiger partial charge < -0.3 is 9.47 Å². The number of Topliss-reactive ketones (excluding diaryl/α,β-unsaturated/α-hetero) is 1. The fourth-order valence-corrected chi connectivity index (χ4v) is 2.78. The van der Waals surface area contributed by atoms with Gasteiger partial charge in [-0.05, 0) is 23.8 Å². The van der Waals surface area contributed by atoms with E-state index in [1.54, 1.807) is 6.07 Å². The summed E-state index contributed by atoms with van der Waals surface area (Å²) in [6.45, 7) is -0.318. The first-order valence-electron chi connectivity index (χ1n) is 8.23. The van der Waals surface area contributed by atoms with Crippen LogP contribution in [0, 0.1) is 11.3 Å². The minimum atomic E-state index is -4.87. The molecule has 152 valence electrons. The number of rotatable bonds is 7. The van der Waals surface area contributed by atoms with Gasteiger partial charge >= 0.3 is 12.1 Å². The summed E-state index contributed by atoms with van der Waals surface area (Å²) in [5, 5.41) is 10.1. The Morgan fingerprint density at radius 3 is 2.24 bits per heavy atom. The molecule has 0 heterocycles. The van der Waals surface area contributed by atoms with Gasteiger partial charge in [-0.15, -0.1) is 0 Å². The molecule has 2 aromatic rings. The Morgan fingerprint density at radius 1 is 1.07 bits per heavy atom. The molecular formula is C20H15ClF3NO4. The van der Waals surface area contributed by atoms with E-state index >= 15 is 0 Å². The first-order valence-corrected chi connectivity index (χ1v) is 8.60. The highest BCUT2D eigenvalue weighted by Gasteiger charge is 2.52. The van der Waals surface area contributed by atoms with E-state index in [1.165, 1.54) is 37.4 Å². The molecule has 0 bridgehead atoms. The van der Waals surface area contributed by atoms with Crippen LogP contribution in [-0.2, 0) is 25.9 Å². The summed E-state index contributed by atoms with van der Waals surface area (Å²) in [5.74, 6) is -2.65. The number of ether oxygens (including phenoxy) is 2. The van der Waals surface area contributed by atoms with Crippen molar-refractivity contribution in [1.29, 1.82) is 5.26 Å². The van der Waals surface area contributed by atoms with Gasteiger partial charge in [-0.1, -0.05) is 41.9 Å². The maximum absolute atomic E-state index is 13.4. The molecule has 0 saturated heterocycles. The van der Waals surface area contributed by atoms with Gasteiger partial charge in [0.2, 0.25) is 5.41 Å². The standard InChI is InChI=1S/C20H15ClF3NO4/c1-28-10-11-29-18(27)19(12-25,13-6-8-14(21)9-7-13)17(26)15-4-2-3-5-16(15)20(22,23)24/h2-9H,10-11H2,1H3. The van der Waals surface area contributed by atoms with Crippen LogP contribution in [0.25, 0.3) is 0 Å². The highest BCUT2D eigenvalue weighted by atomic mass is 35.5. The summed E-state index contributed by atoms with van der Waals surface area (Å²) in [7, 11) is 1.34. The molecule has 0 aliphatic heterocycles. The minimum Gasteiger partial charge on any atom is -0.461 e. The number of nitrogens with zero attached hydrogens (tertiary/aromatic N) is 1. The number of nitriles is 1. The molecule has 0 aliphatic rings. The van der Waals surface area contributed by atoms with E-state index in [4.69, 9.17) is 21.1 Å². The van der Waals surface area contributed by atoms with Crippen molar-refractivity contribution in [3.05, 3.63) is 70.2 Å². The van der Waals surface area contributed by atoms with Gasteiger partial charge in [0.05, 0.1) is 18.2 Å². The lowest BCUT2D eigenvalue weighted by molar-refractivity contribution is -0.148. The van der Waals surface area contributed by atoms with Crippen LogP contribution in [0.4, 0.5) is 13.2 Å². The SMILES string of the molecule is COCCOC(=O)C(C#N)(C(=O)c1ccccc1C(F)(F)F)c1ccc(Cl)cc1. The number of hydrogen-bond acceptors (Lipinski definition) is 5. The summed E-state index contributed by atoms with van der Waals surface area (Å²) in [4.78, 5) is 26.0. The van der Waals surface area contributed by atoms with Crippen LogP contribution in [0.15, 0.2) is 48.5 Å². The molecular weight excluding hydrogens is 411 g/mol. The lowest BCUT2D eigenvalue weighted by atomic mass is 9.74. The molecule has 0 spiro atoms. The molecule has 0 aromatic heterocycles. The Kier molecular flexibility index (Phi) is 7.01. The van der Waals surface area contributed by atoms with E-state index in [0.29, 0.717) is 6.07 Å². The zero-order chi connectivity index (χ0) is 21.7. The largest absolute Gasteiger partial charge is 0.461 e. The summed E-state index contributed by atoms with van der Waals surface area (Å²) < 4.78 is 50.0. The van der Waals surface area contributed by atoms with Crippen molar-refractivity contribution in [2.24, 2.45) is 0 Å². The third-order valence-corrected chi connectivity index (χ3v) is 4.34. The lowest BCUT2D eigenvalue weighted by Crippen LogP contribution is -2.45. The van der Waals surface area contributed by atoms with E-state index in [-0.39, 0.29) is 23.8 Å². The zero-order valence-electron chi connectivity index (χ0n) is 15.1. The highest BCUT2D eigenvalue weighted by molar-refractivity contribution is 6.30. The van der Waals surface area contributed by atoms with Gasteiger partial charge in [-0.2, -0.15) is 18.4 Å². The quantitative estimate of drug-likeness (QED) is 0.288. The van der Waals surface area contributed by atoms with Gasteiger partial charge in [0, 0.05) is 17.7 Å². The molecule has 29 heavy (non-hydrogen) atoms. The monoisotopic (exact) mass is 425 g/mol. The second-order valence-electron chi connectivity index (χ2n) is 5.87. The average molecular weight is 426 g/mol. The van der Waals surface area contributed by atoms with Crippen molar-refractivity contribution in [2.45, 2.75) is 11.6 Å². The fourth-order valence-electron chi connectivity index (χ4n) is 2.66. The summed E-state index contributed by atoms with van der Waals surface area (Å²) in [5.41, 5.74) is -4.89. The molecule has 5 nitrogen and oxygen atoms in total. The van der Waals surface area contributed by atoms with Gasteiger partial charge in [0.15, 0.2) is 5.78 Å². The van der Waals surface area contributed by atoms with E-state index in [1.807, 2.05) is 0 Å². The molecule has 9 heteroatoms. The van der Waals surface area contributed by atoms with Gasteiger partial charge in [0.25, 0.3) is 0 Å². The maximum atomic E-state index is 13.4. The number of methoxy groups -OCH3 is 1. The van der Waals surface area contributed by atoms with Crippen molar-refractivity contribution in [2.75, 3.05) is 20.3 Å². The molecule has 0 radical (unpaired) electrons. The number of ketones is 1. The van der Waals surface area contributed by atoms with Crippen molar-refractivity contribution in [3.8, 4) is 6.07 Å². The summed E-state index contributed by atoms with van der Waals surface area (Å²) >= 11 is 5.82.